The van der Waals surface area contributed by atoms with Crippen molar-refractivity contribution >= 4 is 22.7 Å². The molecule has 2 aromatic carbocycles. The zero-order chi connectivity index (χ0) is 23.9. The number of amides is 2. The average molecular weight is 462 g/mol. The van der Waals surface area contributed by atoms with E-state index in [1.165, 1.54) is 0 Å². The Morgan fingerprint density at radius 2 is 1.85 bits per heavy atom. The Bertz CT molecular complexity index is 1240. The maximum Gasteiger partial charge on any atom is 0.254 e. The van der Waals surface area contributed by atoms with Crippen molar-refractivity contribution in [2.24, 2.45) is 0 Å². The van der Waals surface area contributed by atoms with E-state index in [1.54, 1.807) is 16.9 Å². The SMILES string of the molecule is COc1ccccc1C1CN2C(=O)CN(CCCCCO)C(=O)C2(C)c2[nH]c3ccccc3c21. The maximum atomic E-state index is 13.9. The van der Waals surface area contributed by atoms with Crippen LogP contribution in [0.1, 0.15) is 48.9 Å². The Hall–Kier alpha value is -3.32. The van der Waals surface area contributed by atoms with E-state index in [0.29, 0.717) is 19.5 Å². The highest BCUT2D eigenvalue weighted by molar-refractivity contribution is 6.01. The molecular formula is C27H31N3O4. The Morgan fingerprint density at radius 1 is 1.09 bits per heavy atom. The number of aromatic amines is 1. The van der Waals surface area contributed by atoms with E-state index < -0.39 is 5.54 Å². The lowest BCUT2D eigenvalue weighted by Crippen LogP contribution is -2.67. The number of nitrogens with one attached hydrogen (secondary N) is 1. The first kappa shape index (κ1) is 22.5. The van der Waals surface area contributed by atoms with Gasteiger partial charge in [-0.2, -0.15) is 0 Å². The lowest BCUT2D eigenvalue weighted by molar-refractivity contribution is -0.166. The Kier molecular flexibility index (Phi) is 5.81. The first-order chi connectivity index (χ1) is 16.5. The number of aromatic nitrogens is 1. The van der Waals surface area contributed by atoms with Gasteiger partial charge in [0.15, 0.2) is 5.54 Å². The van der Waals surface area contributed by atoms with Gasteiger partial charge >= 0.3 is 0 Å². The van der Waals surface area contributed by atoms with Crippen LogP contribution in [0.2, 0.25) is 0 Å². The third-order valence-corrected chi connectivity index (χ3v) is 7.42. The normalized spacial score (nSPS) is 22.1. The van der Waals surface area contributed by atoms with Crippen LogP contribution in [0, 0.1) is 0 Å². The molecule has 1 fully saturated rings. The second-order valence-corrected chi connectivity index (χ2v) is 9.34. The number of para-hydroxylation sites is 2. The van der Waals surface area contributed by atoms with Crippen LogP contribution < -0.4 is 4.74 Å². The van der Waals surface area contributed by atoms with Crippen molar-refractivity contribution in [3.05, 3.63) is 65.4 Å². The lowest BCUT2D eigenvalue weighted by Gasteiger charge is -2.51. The van der Waals surface area contributed by atoms with Crippen LogP contribution >= 0.6 is 0 Å². The number of rotatable bonds is 7. The number of ether oxygens (including phenoxy) is 1. The molecule has 2 N–H and O–H groups in total. The lowest BCUT2D eigenvalue weighted by atomic mass is 9.76. The van der Waals surface area contributed by atoms with Crippen molar-refractivity contribution in [1.29, 1.82) is 0 Å². The number of aliphatic hydroxyl groups excluding tert-OH is 1. The van der Waals surface area contributed by atoms with Gasteiger partial charge in [0.25, 0.3) is 5.91 Å². The fourth-order valence-corrected chi connectivity index (χ4v) is 5.68. The van der Waals surface area contributed by atoms with Crippen molar-refractivity contribution in [3.8, 4) is 5.75 Å². The zero-order valence-electron chi connectivity index (χ0n) is 19.7. The van der Waals surface area contributed by atoms with Gasteiger partial charge in [-0.1, -0.05) is 36.4 Å². The molecule has 34 heavy (non-hydrogen) atoms. The minimum atomic E-state index is -1.10. The number of carbonyl (C=O) groups excluding carboxylic acids is 2. The highest BCUT2D eigenvalue weighted by atomic mass is 16.5. The van der Waals surface area contributed by atoms with Gasteiger partial charge in [-0.3, -0.25) is 9.59 Å². The van der Waals surface area contributed by atoms with Gasteiger partial charge in [0.05, 0.1) is 19.3 Å². The summed E-state index contributed by atoms with van der Waals surface area (Å²) >= 11 is 0. The topological polar surface area (TPSA) is 85.9 Å². The molecule has 0 saturated carbocycles. The van der Waals surface area contributed by atoms with Gasteiger partial charge in [-0.05, 0) is 43.9 Å². The molecule has 7 nitrogen and oxygen atoms in total. The van der Waals surface area contributed by atoms with Crippen molar-refractivity contribution in [1.82, 2.24) is 14.8 Å². The summed E-state index contributed by atoms with van der Waals surface area (Å²) in [5, 5.41) is 10.1. The van der Waals surface area contributed by atoms with Crippen molar-refractivity contribution in [2.75, 3.05) is 33.4 Å². The van der Waals surface area contributed by atoms with Gasteiger partial charge in [0, 0.05) is 42.1 Å². The van der Waals surface area contributed by atoms with E-state index >= 15 is 0 Å². The molecule has 2 amide bonds. The van der Waals surface area contributed by atoms with Crippen molar-refractivity contribution < 1.29 is 19.4 Å². The summed E-state index contributed by atoms with van der Waals surface area (Å²) < 4.78 is 5.69. The quantitative estimate of drug-likeness (QED) is 0.529. The monoisotopic (exact) mass is 461 g/mol. The molecule has 2 aliphatic heterocycles. The predicted octanol–water partition coefficient (Wildman–Crippen LogP) is 3.37. The van der Waals surface area contributed by atoms with Crippen molar-refractivity contribution in [2.45, 2.75) is 37.6 Å². The molecule has 0 spiro atoms. The molecule has 178 valence electrons. The molecule has 0 aliphatic carbocycles. The molecule has 1 saturated heterocycles. The molecule has 2 aliphatic rings. The van der Waals surface area contributed by atoms with E-state index in [0.717, 1.165) is 46.3 Å². The maximum absolute atomic E-state index is 13.9. The molecule has 0 radical (unpaired) electrons. The number of carbonyl (C=O) groups is 2. The summed E-state index contributed by atoms with van der Waals surface area (Å²) in [6, 6.07) is 16.0. The smallest absolute Gasteiger partial charge is 0.254 e. The van der Waals surface area contributed by atoms with Gasteiger partial charge < -0.3 is 24.6 Å². The largest absolute Gasteiger partial charge is 0.496 e. The summed E-state index contributed by atoms with van der Waals surface area (Å²) in [4.78, 5) is 34.4. The molecule has 7 heteroatoms. The van der Waals surface area contributed by atoms with E-state index in [1.807, 2.05) is 49.4 Å². The molecule has 1 aromatic heterocycles. The third-order valence-electron chi connectivity index (χ3n) is 7.42. The number of unbranched alkanes of at least 4 members (excludes halogenated alkanes) is 2. The van der Waals surface area contributed by atoms with E-state index in [4.69, 9.17) is 9.84 Å². The number of nitrogens with zero attached hydrogens (tertiary/aromatic N) is 2. The number of aliphatic hydroxyl groups is 1. The minimum Gasteiger partial charge on any atom is -0.496 e. The molecule has 3 aromatic rings. The van der Waals surface area contributed by atoms with Gasteiger partial charge in [0.2, 0.25) is 5.91 Å². The Balaban J connectivity index is 1.64. The number of fused-ring (bicyclic) bond motifs is 5. The standard InChI is InChI=1S/C27H31N3O4/c1-27-25-24(19-11-4-6-12-21(19)28-25)20(18-10-5-7-13-22(18)34-2)16-30(27)23(32)17-29(26(27)33)14-8-3-9-15-31/h4-7,10-13,20,28,31H,3,8-9,14-17H2,1-2H3. The van der Waals surface area contributed by atoms with Crippen molar-refractivity contribution in [3.63, 3.8) is 0 Å². The molecule has 2 unspecified atom stereocenters. The number of methoxy groups -OCH3 is 1. The number of hydrogen-bond donors (Lipinski definition) is 2. The number of benzene rings is 2. The van der Waals surface area contributed by atoms with Crippen LogP contribution in [0.4, 0.5) is 0 Å². The van der Waals surface area contributed by atoms with Crippen LogP contribution in [0.25, 0.3) is 10.9 Å². The third kappa shape index (κ3) is 3.38. The first-order valence-corrected chi connectivity index (χ1v) is 12.0. The van der Waals surface area contributed by atoms with Crippen LogP contribution in [0.15, 0.2) is 48.5 Å². The zero-order valence-corrected chi connectivity index (χ0v) is 19.7. The predicted molar refractivity (Wildman–Crippen MR) is 130 cm³/mol. The van der Waals surface area contributed by atoms with E-state index in [2.05, 4.69) is 11.1 Å². The molecular weight excluding hydrogens is 430 g/mol. The summed E-state index contributed by atoms with van der Waals surface area (Å²) in [6.07, 6.45) is 2.29. The average Bonchev–Trinajstić information content (AvgIpc) is 3.26. The number of hydrogen-bond acceptors (Lipinski definition) is 4. The van der Waals surface area contributed by atoms with Gasteiger partial charge in [0.1, 0.15) is 5.75 Å². The number of H-pyrrole nitrogens is 1. The fraction of sp³-hybridized carbons (Fsp3) is 0.407. The van der Waals surface area contributed by atoms with Crippen LogP contribution in [0.3, 0.4) is 0 Å². The molecule has 2 atom stereocenters. The summed E-state index contributed by atoms with van der Waals surface area (Å²) in [7, 11) is 1.66. The Morgan fingerprint density at radius 3 is 2.65 bits per heavy atom. The molecule has 3 heterocycles. The summed E-state index contributed by atoms with van der Waals surface area (Å²) in [5.74, 6) is 0.549. The van der Waals surface area contributed by atoms with Crippen LogP contribution in [0.5, 0.6) is 5.75 Å². The summed E-state index contributed by atoms with van der Waals surface area (Å²) in [5.41, 5.74) is 2.70. The van der Waals surface area contributed by atoms with E-state index in [-0.39, 0.29) is 30.9 Å². The second-order valence-electron chi connectivity index (χ2n) is 9.34. The van der Waals surface area contributed by atoms with E-state index in [9.17, 15) is 9.59 Å². The highest BCUT2D eigenvalue weighted by Gasteiger charge is 2.56. The summed E-state index contributed by atoms with van der Waals surface area (Å²) in [6.45, 7) is 3.02. The van der Waals surface area contributed by atoms with Gasteiger partial charge in [-0.25, -0.2) is 0 Å². The highest BCUT2D eigenvalue weighted by Crippen LogP contribution is 2.49. The Labute approximate surface area is 199 Å². The van der Waals surface area contributed by atoms with Gasteiger partial charge in [-0.15, -0.1) is 0 Å². The first-order valence-electron chi connectivity index (χ1n) is 12.0. The van der Waals surface area contributed by atoms with Crippen LogP contribution in [-0.4, -0.2) is 65.1 Å². The van der Waals surface area contributed by atoms with Crippen LogP contribution in [-0.2, 0) is 15.1 Å². The molecule has 0 bridgehead atoms. The second kappa shape index (κ2) is 8.80. The molecule has 5 rings (SSSR count). The fourth-order valence-electron chi connectivity index (χ4n) is 5.68. The minimum absolute atomic E-state index is 0.0477. The number of piperazine rings is 1.